The monoisotopic (exact) mass is 630 g/mol. The molecule has 0 spiro atoms. The van der Waals surface area contributed by atoms with E-state index in [4.69, 9.17) is 26.2 Å². The first-order valence-corrected chi connectivity index (χ1v) is 14.3. The van der Waals surface area contributed by atoms with Gasteiger partial charge in [-0.05, 0) is 29.8 Å². The third-order valence-corrected chi connectivity index (χ3v) is 8.12. The number of carboxylic acids is 1. The number of hydrogen-bond donors (Lipinski definition) is 1. The maximum absolute atomic E-state index is 13.5. The van der Waals surface area contributed by atoms with Crippen molar-refractivity contribution >= 4 is 35.2 Å². The summed E-state index contributed by atoms with van der Waals surface area (Å²) in [6, 6.07) is 24.0. The van der Waals surface area contributed by atoms with Crippen molar-refractivity contribution in [3.8, 4) is 0 Å². The van der Waals surface area contributed by atoms with Crippen LogP contribution in [0.4, 0.5) is 13.2 Å². The number of carboxylic acid groups (broad SMARTS) is 1. The fourth-order valence-corrected chi connectivity index (χ4v) is 5.68. The SMILES string of the molecule is O=C(C[N+]12CCC(CC1)[C@@H](OC(=O)C(NC(=O)c1ccccc1)c1ccc(Cl)cc1)C2)c1ccccc1.O=C([O-])C(F)(F)F. The van der Waals surface area contributed by atoms with Gasteiger partial charge in [0.05, 0.1) is 13.1 Å². The predicted octanol–water partition coefficient (Wildman–Crippen LogP) is 4.14. The second kappa shape index (κ2) is 14.0. The lowest BCUT2D eigenvalue weighted by Crippen LogP contribution is -2.66. The topological polar surface area (TPSA) is 113 Å². The first-order valence-electron chi connectivity index (χ1n) is 13.9. The lowest BCUT2D eigenvalue weighted by atomic mass is 9.82. The quantitative estimate of drug-likeness (QED) is 0.227. The number of nitrogens with zero attached hydrogens (tertiary/aromatic N) is 1. The highest BCUT2D eigenvalue weighted by molar-refractivity contribution is 6.30. The van der Waals surface area contributed by atoms with Crippen LogP contribution in [0.5, 0.6) is 0 Å². The summed E-state index contributed by atoms with van der Waals surface area (Å²) in [6.45, 7) is 2.82. The van der Waals surface area contributed by atoms with E-state index in [1.165, 1.54) is 0 Å². The number of piperidine rings is 3. The van der Waals surface area contributed by atoms with E-state index >= 15 is 0 Å². The predicted molar refractivity (Wildman–Crippen MR) is 152 cm³/mol. The van der Waals surface area contributed by atoms with Gasteiger partial charge in [0, 0.05) is 34.9 Å². The number of Topliss-reactive ketones (excluding diaryl/α,β-unsaturated/α-hetero) is 1. The highest BCUT2D eigenvalue weighted by Gasteiger charge is 2.49. The summed E-state index contributed by atoms with van der Waals surface area (Å²) in [5.41, 5.74) is 1.77. The van der Waals surface area contributed by atoms with Crippen molar-refractivity contribution in [3.63, 3.8) is 0 Å². The molecule has 3 aromatic rings. The molecule has 0 aliphatic carbocycles. The Hall–Kier alpha value is -4.22. The molecule has 3 saturated heterocycles. The molecule has 8 nitrogen and oxygen atoms in total. The van der Waals surface area contributed by atoms with Gasteiger partial charge in [-0.3, -0.25) is 9.59 Å². The molecule has 0 radical (unpaired) electrons. The van der Waals surface area contributed by atoms with Gasteiger partial charge in [0.25, 0.3) is 5.91 Å². The first-order chi connectivity index (χ1) is 20.9. The van der Waals surface area contributed by atoms with E-state index in [1.807, 2.05) is 36.4 Å². The number of ketones is 1. The van der Waals surface area contributed by atoms with Gasteiger partial charge >= 0.3 is 12.1 Å². The summed E-state index contributed by atoms with van der Waals surface area (Å²) in [5.74, 6) is -3.50. The van der Waals surface area contributed by atoms with Crippen molar-refractivity contribution in [2.75, 3.05) is 26.2 Å². The molecule has 3 heterocycles. The van der Waals surface area contributed by atoms with Crippen molar-refractivity contribution in [3.05, 3.63) is 107 Å². The third-order valence-electron chi connectivity index (χ3n) is 7.87. The van der Waals surface area contributed by atoms with Crippen LogP contribution in [0.1, 0.15) is 45.2 Å². The Morgan fingerprint density at radius 1 is 0.886 bits per heavy atom. The molecule has 44 heavy (non-hydrogen) atoms. The summed E-state index contributed by atoms with van der Waals surface area (Å²) in [5, 5.41) is 12.2. The Balaban J connectivity index is 0.000000566. The minimum Gasteiger partial charge on any atom is -0.542 e. The number of halogens is 4. The number of ether oxygens (including phenoxy) is 1. The molecule has 0 saturated carbocycles. The Morgan fingerprint density at radius 3 is 1.93 bits per heavy atom. The molecule has 2 atom stereocenters. The summed E-state index contributed by atoms with van der Waals surface area (Å²) in [6.07, 6.45) is -3.69. The molecule has 1 amide bonds. The van der Waals surface area contributed by atoms with Gasteiger partial charge in [-0.15, -0.1) is 0 Å². The van der Waals surface area contributed by atoms with Gasteiger partial charge in [0.15, 0.2) is 12.1 Å². The maximum Gasteiger partial charge on any atom is 0.430 e. The number of aliphatic carboxylic acids is 1. The zero-order valence-electron chi connectivity index (χ0n) is 23.5. The normalized spacial score (nSPS) is 21.3. The second-order valence-corrected chi connectivity index (χ2v) is 11.3. The second-order valence-electron chi connectivity index (χ2n) is 10.8. The summed E-state index contributed by atoms with van der Waals surface area (Å²) in [4.78, 5) is 48.3. The standard InChI is InChI=1S/C30H29ClN2O4.C2HF3O2/c31-25-13-11-23(12-14-25)28(32-29(35)24-9-5-2-6-10-24)30(36)37-27-20-33(17-15-22(27)16-18-33)19-26(34)21-7-3-1-4-8-21;3-2(4,5)1(6)7/h1-14,22,27-28H,15-20H2;(H,6,7)/t22?,27-,28?,33?;/m0./s1. The van der Waals surface area contributed by atoms with Crippen molar-refractivity contribution in [1.29, 1.82) is 0 Å². The molecular formula is C32H30ClF3N2O6. The number of benzene rings is 3. The molecule has 3 aliphatic rings. The van der Waals surface area contributed by atoms with Gasteiger partial charge in [0.1, 0.15) is 19.1 Å². The summed E-state index contributed by atoms with van der Waals surface area (Å²) >= 11 is 6.06. The van der Waals surface area contributed by atoms with E-state index in [0.29, 0.717) is 39.3 Å². The Morgan fingerprint density at radius 2 is 1.41 bits per heavy atom. The highest BCUT2D eigenvalue weighted by Crippen LogP contribution is 2.36. The molecule has 12 heteroatoms. The van der Waals surface area contributed by atoms with E-state index < -0.39 is 24.2 Å². The largest absolute Gasteiger partial charge is 0.542 e. The Labute approximate surface area is 257 Å². The van der Waals surface area contributed by atoms with Crippen LogP contribution in [0, 0.1) is 5.92 Å². The van der Waals surface area contributed by atoms with Gasteiger partial charge in [-0.2, -0.15) is 13.2 Å². The molecule has 3 aromatic carbocycles. The molecule has 3 fully saturated rings. The first kappa shape index (κ1) is 32.7. The van der Waals surface area contributed by atoms with E-state index in [0.717, 1.165) is 25.9 Å². The van der Waals surface area contributed by atoms with Gasteiger partial charge < -0.3 is 24.4 Å². The molecule has 6 rings (SSSR count). The van der Waals surface area contributed by atoms with E-state index in [1.54, 1.807) is 48.5 Å². The van der Waals surface area contributed by atoms with Gasteiger partial charge in [0.2, 0.25) is 5.78 Å². The third kappa shape index (κ3) is 8.45. The number of carbonyl (C=O) groups excluding carboxylic acids is 4. The zero-order valence-corrected chi connectivity index (χ0v) is 24.2. The smallest absolute Gasteiger partial charge is 0.430 e. The van der Waals surface area contributed by atoms with Crippen LogP contribution < -0.4 is 10.4 Å². The van der Waals surface area contributed by atoms with Crippen molar-refractivity contribution < 1.29 is 46.7 Å². The van der Waals surface area contributed by atoms with E-state index in [9.17, 15) is 27.6 Å². The molecule has 232 valence electrons. The average Bonchev–Trinajstić information content (AvgIpc) is 3.01. The Bertz CT molecular complexity index is 1460. The van der Waals surface area contributed by atoms with Crippen molar-refractivity contribution in [2.45, 2.75) is 31.2 Å². The number of nitrogens with one attached hydrogen (secondary N) is 1. The highest BCUT2D eigenvalue weighted by atomic mass is 35.5. The van der Waals surface area contributed by atoms with Crippen LogP contribution in [-0.2, 0) is 14.3 Å². The van der Waals surface area contributed by atoms with Crippen LogP contribution in [0.25, 0.3) is 0 Å². The minimum absolute atomic E-state index is 0.111. The Kier molecular flexibility index (Phi) is 10.4. The number of rotatable bonds is 8. The molecular weight excluding hydrogens is 601 g/mol. The van der Waals surface area contributed by atoms with E-state index in [2.05, 4.69) is 5.32 Å². The lowest BCUT2D eigenvalue weighted by Gasteiger charge is -2.51. The number of fused-ring (bicyclic) bond motifs is 3. The number of alkyl halides is 3. The molecule has 0 aromatic heterocycles. The summed E-state index contributed by atoms with van der Waals surface area (Å²) in [7, 11) is 0. The molecule has 2 bridgehead atoms. The van der Waals surface area contributed by atoms with Crippen LogP contribution in [0.3, 0.4) is 0 Å². The number of hydrogen-bond acceptors (Lipinski definition) is 6. The number of carbonyl (C=O) groups is 4. The molecule has 3 aliphatic heterocycles. The number of amides is 1. The van der Waals surface area contributed by atoms with Crippen molar-refractivity contribution in [1.82, 2.24) is 5.32 Å². The summed E-state index contributed by atoms with van der Waals surface area (Å²) < 4.78 is 38.3. The van der Waals surface area contributed by atoms with Crippen LogP contribution >= 0.6 is 11.6 Å². The molecule has 1 unspecified atom stereocenters. The van der Waals surface area contributed by atoms with Crippen LogP contribution in [-0.4, -0.2) is 66.6 Å². The zero-order chi connectivity index (χ0) is 31.9. The van der Waals surface area contributed by atoms with E-state index in [-0.39, 0.29) is 23.7 Å². The molecule has 1 N–H and O–H groups in total. The average molecular weight is 631 g/mol. The van der Waals surface area contributed by atoms with Crippen LogP contribution in [0.15, 0.2) is 84.9 Å². The van der Waals surface area contributed by atoms with Gasteiger partial charge in [-0.1, -0.05) is 72.3 Å². The lowest BCUT2D eigenvalue weighted by molar-refractivity contribution is -0.938. The minimum atomic E-state index is -5.19. The maximum atomic E-state index is 13.5. The van der Waals surface area contributed by atoms with Crippen LogP contribution in [0.2, 0.25) is 5.02 Å². The number of quaternary nitrogens is 1. The van der Waals surface area contributed by atoms with Gasteiger partial charge in [-0.25, -0.2) is 4.79 Å². The fourth-order valence-electron chi connectivity index (χ4n) is 5.55. The van der Waals surface area contributed by atoms with Crippen molar-refractivity contribution in [2.24, 2.45) is 5.92 Å². The fraction of sp³-hybridized carbons (Fsp3) is 0.312. The number of esters is 1.